The summed E-state index contributed by atoms with van der Waals surface area (Å²) in [5, 5.41) is 0. The Labute approximate surface area is 102 Å². The smallest absolute Gasteiger partial charge is 0.0149 e. The van der Waals surface area contributed by atoms with Gasteiger partial charge < -0.3 is 0 Å². The van der Waals surface area contributed by atoms with Gasteiger partial charge in [0, 0.05) is 6.04 Å². The van der Waals surface area contributed by atoms with E-state index in [1.54, 1.807) is 0 Å². The molecule has 94 valence electrons. The summed E-state index contributed by atoms with van der Waals surface area (Å²) < 4.78 is 0. The molecule has 2 atom stereocenters. The van der Waals surface area contributed by atoms with Crippen molar-refractivity contribution in [2.24, 2.45) is 16.7 Å². The molecule has 1 saturated carbocycles. The molecule has 0 aromatic carbocycles. The fourth-order valence-corrected chi connectivity index (χ4v) is 4.14. The highest BCUT2D eigenvalue weighted by atomic mass is 15.2. The molecular formula is C15H29N. The highest BCUT2D eigenvalue weighted by molar-refractivity contribution is 4.99. The molecule has 16 heavy (non-hydrogen) atoms. The Morgan fingerprint density at radius 2 is 1.50 bits per heavy atom. The fourth-order valence-electron chi connectivity index (χ4n) is 4.14. The molecule has 2 fully saturated rings. The van der Waals surface area contributed by atoms with Gasteiger partial charge in [-0.15, -0.1) is 0 Å². The molecule has 0 spiro atoms. The van der Waals surface area contributed by atoms with E-state index < -0.39 is 0 Å². The summed E-state index contributed by atoms with van der Waals surface area (Å²) >= 11 is 0. The van der Waals surface area contributed by atoms with Gasteiger partial charge in [0.1, 0.15) is 0 Å². The summed E-state index contributed by atoms with van der Waals surface area (Å²) in [5.41, 5.74) is 1.03. The summed E-state index contributed by atoms with van der Waals surface area (Å²) in [4.78, 5) is 2.77. The lowest BCUT2D eigenvalue weighted by molar-refractivity contribution is -0.0249. The second kappa shape index (κ2) is 4.01. The topological polar surface area (TPSA) is 3.24 Å². The zero-order chi connectivity index (χ0) is 12.0. The van der Waals surface area contributed by atoms with Crippen LogP contribution in [-0.4, -0.2) is 24.0 Å². The molecular weight excluding hydrogens is 194 g/mol. The molecule has 1 aliphatic heterocycles. The summed E-state index contributed by atoms with van der Waals surface area (Å²) in [6.45, 7) is 15.0. The van der Waals surface area contributed by atoms with Gasteiger partial charge in [0.2, 0.25) is 0 Å². The number of hydrogen-bond donors (Lipinski definition) is 0. The first-order chi connectivity index (χ1) is 7.33. The van der Waals surface area contributed by atoms with Crippen LogP contribution in [0.2, 0.25) is 0 Å². The van der Waals surface area contributed by atoms with Gasteiger partial charge in [0.25, 0.3) is 0 Å². The highest BCUT2D eigenvalue weighted by Crippen LogP contribution is 2.51. The predicted molar refractivity (Wildman–Crippen MR) is 70.6 cm³/mol. The normalized spacial score (nSPS) is 38.8. The van der Waals surface area contributed by atoms with Gasteiger partial charge in [-0.1, -0.05) is 34.6 Å². The minimum absolute atomic E-state index is 0.500. The third-order valence-corrected chi connectivity index (χ3v) is 5.31. The molecule has 1 saturated heterocycles. The Hall–Kier alpha value is -0.0400. The Balaban J connectivity index is 2.13. The molecule has 1 aliphatic carbocycles. The van der Waals surface area contributed by atoms with Gasteiger partial charge in [-0.05, 0) is 55.5 Å². The van der Waals surface area contributed by atoms with Crippen LogP contribution in [0, 0.1) is 16.7 Å². The zero-order valence-corrected chi connectivity index (χ0v) is 11.8. The average Bonchev–Trinajstić information content (AvgIpc) is 2.62. The first kappa shape index (κ1) is 12.4. The van der Waals surface area contributed by atoms with Crippen molar-refractivity contribution in [3.8, 4) is 0 Å². The molecule has 0 N–H and O–H groups in total. The van der Waals surface area contributed by atoms with E-state index in [2.05, 4.69) is 39.5 Å². The van der Waals surface area contributed by atoms with Gasteiger partial charge in [0.05, 0.1) is 0 Å². The third-order valence-electron chi connectivity index (χ3n) is 5.31. The molecule has 1 nitrogen and oxygen atoms in total. The van der Waals surface area contributed by atoms with Gasteiger partial charge in [-0.2, -0.15) is 0 Å². The molecule has 0 amide bonds. The molecule has 2 aliphatic rings. The van der Waals surface area contributed by atoms with Crippen molar-refractivity contribution >= 4 is 0 Å². The van der Waals surface area contributed by atoms with Crippen molar-refractivity contribution in [2.75, 3.05) is 13.1 Å². The van der Waals surface area contributed by atoms with Crippen molar-refractivity contribution in [3.05, 3.63) is 0 Å². The lowest BCUT2D eigenvalue weighted by Gasteiger charge is -2.53. The molecule has 0 bridgehead atoms. The van der Waals surface area contributed by atoms with Crippen LogP contribution in [0.4, 0.5) is 0 Å². The van der Waals surface area contributed by atoms with E-state index >= 15 is 0 Å². The monoisotopic (exact) mass is 223 g/mol. The maximum Gasteiger partial charge on any atom is 0.0149 e. The molecule has 1 unspecified atom stereocenters. The Kier molecular flexibility index (Phi) is 3.11. The van der Waals surface area contributed by atoms with E-state index in [1.807, 2.05) is 0 Å². The van der Waals surface area contributed by atoms with E-state index in [4.69, 9.17) is 0 Å². The van der Waals surface area contributed by atoms with Crippen LogP contribution < -0.4 is 0 Å². The summed E-state index contributed by atoms with van der Waals surface area (Å²) in [6, 6.07) is 0.832. The second-order valence-corrected chi connectivity index (χ2v) is 7.55. The third kappa shape index (κ3) is 2.16. The second-order valence-electron chi connectivity index (χ2n) is 7.55. The van der Waals surface area contributed by atoms with Gasteiger partial charge >= 0.3 is 0 Å². The summed E-state index contributed by atoms with van der Waals surface area (Å²) in [5.74, 6) is 0.867. The van der Waals surface area contributed by atoms with Crippen molar-refractivity contribution in [3.63, 3.8) is 0 Å². The van der Waals surface area contributed by atoms with Crippen LogP contribution in [0.5, 0.6) is 0 Å². The van der Waals surface area contributed by atoms with E-state index in [0.717, 1.165) is 12.0 Å². The largest absolute Gasteiger partial charge is 0.300 e. The first-order valence-electron chi connectivity index (χ1n) is 7.07. The maximum atomic E-state index is 2.77. The maximum absolute atomic E-state index is 2.77. The Bertz CT molecular complexity index is 248. The first-order valence-corrected chi connectivity index (χ1v) is 7.07. The number of nitrogens with zero attached hydrogens (tertiary/aromatic N) is 1. The van der Waals surface area contributed by atoms with Crippen molar-refractivity contribution in [2.45, 2.75) is 66.3 Å². The van der Waals surface area contributed by atoms with E-state index in [-0.39, 0.29) is 0 Å². The number of hydrogen-bond acceptors (Lipinski definition) is 1. The molecule has 1 heterocycles. The Morgan fingerprint density at radius 1 is 0.938 bits per heavy atom. The van der Waals surface area contributed by atoms with Crippen LogP contribution in [0.3, 0.4) is 0 Å². The summed E-state index contributed by atoms with van der Waals surface area (Å²) in [7, 11) is 0. The van der Waals surface area contributed by atoms with Crippen LogP contribution in [0.15, 0.2) is 0 Å². The van der Waals surface area contributed by atoms with E-state index in [1.165, 1.54) is 38.8 Å². The lowest BCUT2D eigenvalue weighted by Crippen LogP contribution is -2.52. The predicted octanol–water partition coefficient (Wildman–Crippen LogP) is 3.93. The van der Waals surface area contributed by atoms with Gasteiger partial charge in [0.15, 0.2) is 0 Å². The van der Waals surface area contributed by atoms with E-state index in [0.29, 0.717) is 10.8 Å². The SMILES string of the molecule is CC1C[C@H](N2CCCC2)C(C)(C)CC1(C)C. The Morgan fingerprint density at radius 3 is 2.06 bits per heavy atom. The summed E-state index contributed by atoms with van der Waals surface area (Å²) in [6.07, 6.45) is 5.62. The number of likely N-dealkylation sites (tertiary alicyclic amines) is 1. The molecule has 1 heteroatoms. The van der Waals surface area contributed by atoms with Crippen LogP contribution in [-0.2, 0) is 0 Å². The number of rotatable bonds is 1. The highest BCUT2D eigenvalue weighted by Gasteiger charge is 2.46. The van der Waals surface area contributed by atoms with Gasteiger partial charge in [-0.3, -0.25) is 4.90 Å². The molecule has 0 aromatic rings. The quantitative estimate of drug-likeness (QED) is 0.651. The molecule has 0 aromatic heterocycles. The standard InChI is InChI=1S/C15H29N/c1-12-10-13(16-8-6-7-9-16)15(4,5)11-14(12,2)3/h12-13H,6-11H2,1-5H3/t12?,13-/m0/s1. The minimum atomic E-state index is 0.500. The minimum Gasteiger partial charge on any atom is -0.300 e. The fraction of sp³-hybridized carbons (Fsp3) is 1.00. The van der Waals surface area contributed by atoms with Crippen molar-refractivity contribution in [1.82, 2.24) is 4.90 Å². The van der Waals surface area contributed by atoms with E-state index in [9.17, 15) is 0 Å². The van der Waals surface area contributed by atoms with Gasteiger partial charge in [-0.25, -0.2) is 0 Å². The zero-order valence-electron chi connectivity index (χ0n) is 11.8. The average molecular weight is 223 g/mol. The lowest BCUT2D eigenvalue weighted by atomic mass is 9.58. The molecule has 0 radical (unpaired) electrons. The van der Waals surface area contributed by atoms with Crippen LogP contribution in [0.1, 0.15) is 60.3 Å². The van der Waals surface area contributed by atoms with Crippen molar-refractivity contribution in [1.29, 1.82) is 0 Å². The van der Waals surface area contributed by atoms with Crippen LogP contribution >= 0.6 is 0 Å². The molecule has 2 rings (SSSR count). The van der Waals surface area contributed by atoms with Crippen LogP contribution in [0.25, 0.3) is 0 Å². The van der Waals surface area contributed by atoms with Crippen molar-refractivity contribution < 1.29 is 0 Å².